The molecule has 5 heteroatoms. The van der Waals surface area contributed by atoms with E-state index in [2.05, 4.69) is 21.4 Å². The van der Waals surface area contributed by atoms with Crippen molar-refractivity contribution in [1.82, 2.24) is 5.43 Å². The lowest BCUT2D eigenvalue weighted by atomic mass is 10.00. The van der Waals surface area contributed by atoms with Gasteiger partial charge in [0, 0.05) is 4.88 Å². The number of nitrogens with one attached hydrogen (secondary N) is 1. The second kappa shape index (κ2) is 5.27. The number of halogens is 2. The number of nitrogens with two attached hydrogens (primary N) is 1. The number of hydrogen-bond donors (Lipinski definition) is 2. The van der Waals surface area contributed by atoms with Gasteiger partial charge < -0.3 is 0 Å². The summed E-state index contributed by atoms with van der Waals surface area (Å²) in [6, 6.07) is 6.76. The van der Waals surface area contributed by atoms with Crippen molar-refractivity contribution >= 4 is 27.3 Å². The van der Waals surface area contributed by atoms with Crippen molar-refractivity contribution in [2.45, 2.75) is 13.0 Å². The van der Waals surface area contributed by atoms with Crippen LogP contribution < -0.4 is 11.3 Å². The molecule has 1 aromatic carbocycles. The van der Waals surface area contributed by atoms with Crippen molar-refractivity contribution in [3.63, 3.8) is 0 Å². The molecular weight excluding hydrogens is 303 g/mol. The topological polar surface area (TPSA) is 38.0 Å². The van der Waals surface area contributed by atoms with Crippen molar-refractivity contribution in [2.24, 2.45) is 5.84 Å². The Balaban J connectivity index is 2.50. The molecular formula is C12H12BrFN2S. The smallest absolute Gasteiger partial charge is 0.137 e. The van der Waals surface area contributed by atoms with E-state index >= 15 is 0 Å². The summed E-state index contributed by atoms with van der Waals surface area (Å²) in [6.07, 6.45) is 0. The Morgan fingerprint density at radius 3 is 2.71 bits per heavy atom. The van der Waals surface area contributed by atoms with Crippen LogP contribution in [-0.2, 0) is 0 Å². The van der Waals surface area contributed by atoms with Gasteiger partial charge in [0.05, 0.1) is 10.5 Å². The van der Waals surface area contributed by atoms with Gasteiger partial charge in [-0.15, -0.1) is 11.3 Å². The molecule has 17 heavy (non-hydrogen) atoms. The molecule has 3 N–H and O–H groups in total. The predicted molar refractivity (Wildman–Crippen MR) is 72.3 cm³/mol. The van der Waals surface area contributed by atoms with Crippen LogP contribution in [0.5, 0.6) is 0 Å². The van der Waals surface area contributed by atoms with E-state index in [0.717, 1.165) is 11.1 Å². The molecule has 1 aromatic heterocycles. The Morgan fingerprint density at radius 1 is 1.35 bits per heavy atom. The lowest BCUT2D eigenvalue weighted by Gasteiger charge is -2.18. The summed E-state index contributed by atoms with van der Waals surface area (Å²) in [5.74, 6) is 5.31. The molecule has 1 atom stereocenters. The van der Waals surface area contributed by atoms with Gasteiger partial charge >= 0.3 is 0 Å². The van der Waals surface area contributed by atoms with E-state index in [0.29, 0.717) is 4.47 Å². The molecule has 0 bridgehead atoms. The fourth-order valence-corrected chi connectivity index (χ4v) is 3.02. The highest BCUT2D eigenvalue weighted by atomic mass is 79.9. The third kappa shape index (κ3) is 2.42. The Hall–Kier alpha value is -0.750. The first-order chi connectivity index (χ1) is 8.15. The van der Waals surface area contributed by atoms with Crippen LogP contribution in [0.4, 0.5) is 4.39 Å². The van der Waals surface area contributed by atoms with E-state index in [1.807, 2.05) is 24.4 Å². The summed E-state index contributed by atoms with van der Waals surface area (Å²) in [6.45, 7) is 2.03. The van der Waals surface area contributed by atoms with E-state index in [9.17, 15) is 4.39 Å². The minimum atomic E-state index is -0.282. The van der Waals surface area contributed by atoms with Gasteiger partial charge in [-0.05, 0) is 51.5 Å². The van der Waals surface area contributed by atoms with Crippen LogP contribution in [0.1, 0.15) is 22.0 Å². The number of thiophene rings is 1. The zero-order chi connectivity index (χ0) is 12.4. The molecule has 2 rings (SSSR count). The average Bonchev–Trinajstić information content (AvgIpc) is 2.72. The summed E-state index contributed by atoms with van der Waals surface area (Å²) in [7, 11) is 0. The van der Waals surface area contributed by atoms with Crippen LogP contribution in [0, 0.1) is 12.7 Å². The van der Waals surface area contributed by atoms with Crippen molar-refractivity contribution in [2.75, 3.05) is 0 Å². The van der Waals surface area contributed by atoms with E-state index in [1.54, 1.807) is 17.4 Å². The van der Waals surface area contributed by atoms with Crippen LogP contribution in [0.15, 0.2) is 34.1 Å². The van der Waals surface area contributed by atoms with Gasteiger partial charge in [-0.1, -0.05) is 12.1 Å². The van der Waals surface area contributed by atoms with Gasteiger partial charge in [-0.3, -0.25) is 5.84 Å². The Labute approximate surface area is 112 Å². The van der Waals surface area contributed by atoms with Gasteiger partial charge in [-0.25, -0.2) is 9.82 Å². The molecule has 0 amide bonds. The van der Waals surface area contributed by atoms with Crippen molar-refractivity contribution in [3.05, 3.63) is 55.9 Å². The van der Waals surface area contributed by atoms with Crippen molar-refractivity contribution in [1.29, 1.82) is 0 Å². The van der Waals surface area contributed by atoms with Gasteiger partial charge in [0.1, 0.15) is 5.82 Å². The van der Waals surface area contributed by atoms with Gasteiger partial charge in [0.25, 0.3) is 0 Å². The molecule has 2 nitrogen and oxygen atoms in total. The maximum Gasteiger partial charge on any atom is 0.137 e. The third-order valence-electron chi connectivity index (χ3n) is 2.67. The highest BCUT2D eigenvalue weighted by Gasteiger charge is 2.19. The van der Waals surface area contributed by atoms with Crippen molar-refractivity contribution < 1.29 is 4.39 Å². The molecule has 2 aromatic rings. The first-order valence-corrected chi connectivity index (χ1v) is 6.76. The van der Waals surface area contributed by atoms with Gasteiger partial charge in [0.15, 0.2) is 0 Å². The normalized spacial score (nSPS) is 12.7. The van der Waals surface area contributed by atoms with Crippen LogP contribution in [0.25, 0.3) is 0 Å². The minimum absolute atomic E-state index is 0.202. The number of benzene rings is 1. The molecule has 1 heterocycles. The minimum Gasteiger partial charge on any atom is -0.271 e. The summed E-state index contributed by atoms with van der Waals surface area (Å²) in [5, 5.41) is 2.00. The van der Waals surface area contributed by atoms with E-state index in [1.165, 1.54) is 10.9 Å². The van der Waals surface area contributed by atoms with Gasteiger partial charge in [0.2, 0.25) is 0 Å². The summed E-state index contributed by atoms with van der Waals surface area (Å²) in [4.78, 5) is 1.17. The Morgan fingerprint density at radius 2 is 2.12 bits per heavy atom. The molecule has 1 unspecified atom stereocenters. The monoisotopic (exact) mass is 314 g/mol. The van der Waals surface area contributed by atoms with Crippen molar-refractivity contribution in [3.8, 4) is 0 Å². The molecule has 0 aliphatic carbocycles. The molecule has 0 saturated heterocycles. The quantitative estimate of drug-likeness (QED) is 0.672. The molecule has 0 radical (unpaired) electrons. The fourth-order valence-electron chi connectivity index (χ4n) is 1.78. The first-order valence-electron chi connectivity index (χ1n) is 5.09. The summed E-state index contributed by atoms with van der Waals surface area (Å²) < 4.78 is 14.0. The lowest BCUT2D eigenvalue weighted by Crippen LogP contribution is -2.29. The lowest BCUT2D eigenvalue weighted by molar-refractivity contribution is 0.597. The Bertz CT molecular complexity index is 527. The highest BCUT2D eigenvalue weighted by molar-refractivity contribution is 9.10. The maximum absolute atomic E-state index is 13.5. The fraction of sp³-hybridized carbons (Fsp3) is 0.167. The average molecular weight is 315 g/mol. The predicted octanol–water partition coefficient (Wildman–Crippen LogP) is 3.51. The number of aryl methyl sites for hydroxylation is 1. The Kier molecular flexibility index (Phi) is 3.93. The van der Waals surface area contributed by atoms with Gasteiger partial charge in [-0.2, -0.15) is 0 Å². The van der Waals surface area contributed by atoms with Crippen LogP contribution >= 0.6 is 27.3 Å². The summed E-state index contributed by atoms with van der Waals surface area (Å²) in [5.41, 5.74) is 4.61. The first kappa shape index (κ1) is 12.7. The maximum atomic E-state index is 13.5. The summed E-state index contributed by atoms with van der Waals surface area (Å²) >= 11 is 4.91. The number of hydrazine groups is 1. The molecule has 0 saturated carbocycles. The number of hydrogen-bond acceptors (Lipinski definition) is 3. The second-order valence-electron chi connectivity index (χ2n) is 3.67. The largest absolute Gasteiger partial charge is 0.271 e. The zero-order valence-electron chi connectivity index (χ0n) is 9.21. The van der Waals surface area contributed by atoms with Crippen LogP contribution in [0.2, 0.25) is 0 Å². The van der Waals surface area contributed by atoms with E-state index in [4.69, 9.17) is 5.84 Å². The van der Waals surface area contributed by atoms with E-state index in [-0.39, 0.29) is 11.9 Å². The van der Waals surface area contributed by atoms with E-state index < -0.39 is 0 Å². The highest BCUT2D eigenvalue weighted by Crippen LogP contribution is 2.32. The molecule has 0 spiro atoms. The molecule has 0 aliphatic rings. The standard InChI is InChI=1S/C12H12BrFN2S/c1-7-8(5-6-17-7)12(16-15)9-3-2-4-10(14)11(9)13/h2-6,12,16H,15H2,1H3. The third-order valence-corrected chi connectivity index (χ3v) is 4.37. The van der Waals surface area contributed by atoms with Crippen LogP contribution in [-0.4, -0.2) is 0 Å². The second-order valence-corrected chi connectivity index (χ2v) is 5.59. The number of rotatable bonds is 3. The van der Waals surface area contributed by atoms with Crippen LogP contribution in [0.3, 0.4) is 0 Å². The SMILES string of the molecule is Cc1sccc1C(NN)c1cccc(F)c1Br. The zero-order valence-corrected chi connectivity index (χ0v) is 11.6. The molecule has 90 valence electrons. The molecule has 0 fully saturated rings. The molecule has 0 aliphatic heterocycles.